The molecule has 1 aliphatic carbocycles. The monoisotopic (exact) mass is 237 g/mol. The number of likely N-dealkylation sites (N-methyl/N-ethyl adjacent to an activating group) is 1. The second-order valence-electron chi connectivity index (χ2n) is 5.44. The van der Waals surface area contributed by atoms with Gasteiger partial charge in [-0.1, -0.05) is 39.0 Å². The second-order valence-corrected chi connectivity index (χ2v) is 5.44. The summed E-state index contributed by atoms with van der Waals surface area (Å²) in [6.45, 7) is 4.11. The predicted octanol–water partition coefficient (Wildman–Crippen LogP) is 3.63. The minimum absolute atomic E-state index is 0.476. The van der Waals surface area contributed by atoms with Crippen molar-refractivity contribution in [2.45, 2.75) is 64.3 Å². The number of hydrogen-bond acceptors (Lipinski definition) is 2. The fraction of sp³-hybridized carbons (Fsp3) is 0.867. The molecule has 0 amide bonds. The molecule has 2 heteroatoms. The van der Waals surface area contributed by atoms with Gasteiger partial charge in [0.2, 0.25) is 0 Å². The number of rotatable bonds is 6. The highest BCUT2D eigenvalue weighted by Gasteiger charge is 2.20. The number of ether oxygens (including phenoxy) is 1. The average molecular weight is 237 g/mol. The van der Waals surface area contributed by atoms with Crippen LogP contribution in [-0.2, 0) is 4.74 Å². The summed E-state index contributed by atoms with van der Waals surface area (Å²) in [4.78, 5) is 0. The topological polar surface area (TPSA) is 21.3 Å². The lowest BCUT2D eigenvalue weighted by Gasteiger charge is -2.25. The third-order valence-electron chi connectivity index (χ3n) is 4.11. The first-order valence-corrected chi connectivity index (χ1v) is 7.46. The molecular weight excluding hydrogens is 210 g/mol. The summed E-state index contributed by atoms with van der Waals surface area (Å²) in [5, 5.41) is 3.57. The lowest BCUT2D eigenvalue weighted by Crippen LogP contribution is -2.31. The van der Waals surface area contributed by atoms with Gasteiger partial charge in [-0.15, -0.1) is 0 Å². The predicted molar refractivity (Wildman–Crippen MR) is 71.9 cm³/mol. The lowest BCUT2D eigenvalue weighted by molar-refractivity contribution is 0.206. The van der Waals surface area contributed by atoms with Crippen molar-refractivity contribution in [3.05, 3.63) is 11.8 Å². The van der Waals surface area contributed by atoms with E-state index in [0.29, 0.717) is 6.04 Å². The Morgan fingerprint density at radius 2 is 2.18 bits per heavy atom. The van der Waals surface area contributed by atoms with E-state index in [1.54, 1.807) is 0 Å². The molecule has 0 aromatic carbocycles. The molecule has 0 saturated heterocycles. The fourth-order valence-corrected chi connectivity index (χ4v) is 3.15. The van der Waals surface area contributed by atoms with Crippen LogP contribution in [0.4, 0.5) is 0 Å². The van der Waals surface area contributed by atoms with Crippen molar-refractivity contribution < 1.29 is 4.74 Å². The molecule has 17 heavy (non-hydrogen) atoms. The summed E-state index contributed by atoms with van der Waals surface area (Å²) in [5.41, 5.74) is 0. The van der Waals surface area contributed by atoms with E-state index in [0.717, 1.165) is 25.5 Å². The first-order valence-electron chi connectivity index (χ1n) is 7.46. The van der Waals surface area contributed by atoms with Crippen LogP contribution in [0.2, 0.25) is 0 Å². The molecule has 98 valence electrons. The molecule has 1 fully saturated rings. The Morgan fingerprint density at radius 1 is 1.35 bits per heavy atom. The van der Waals surface area contributed by atoms with Gasteiger partial charge in [-0.3, -0.25) is 0 Å². The summed E-state index contributed by atoms with van der Waals surface area (Å²) >= 11 is 0. The number of hydrogen-bond donors (Lipinski definition) is 1. The van der Waals surface area contributed by atoms with Gasteiger partial charge in [0, 0.05) is 6.42 Å². The van der Waals surface area contributed by atoms with Crippen molar-refractivity contribution in [1.82, 2.24) is 5.32 Å². The highest BCUT2D eigenvalue weighted by Crippen LogP contribution is 2.29. The normalized spacial score (nSPS) is 23.2. The maximum absolute atomic E-state index is 5.71. The summed E-state index contributed by atoms with van der Waals surface area (Å²) < 4.78 is 5.71. The zero-order valence-corrected chi connectivity index (χ0v) is 11.2. The van der Waals surface area contributed by atoms with Gasteiger partial charge in [-0.05, 0) is 31.4 Å². The zero-order chi connectivity index (χ0) is 11.9. The van der Waals surface area contributed by atoms with Gasteiger partial charge < -0.3 is 10.1 Å². The van der Waals surface area contributed by atoms with E-state index in [-0.39, 0.29) is 0 Å². The van der Waals surface area contributed by atoms with Crippen LogP contribution >= 0.6 is 0 Å². The van der Waals surface area contributed by atoms with Crippen LogP contribution in [0, 0.1) is 5.92 Å². The lowest BCUT2D eigenvalue weighted by atomic mass is 9.85. The second kappa shape index (κ2) is 7.05. The summed E-state index contributed by atoms with van der Waals surface area (Å²) in [6, 6.07) is 0.476. The molecule has 1 atom stereocenters. The zero-order valence-electron chi connectivity index (χ0n) is 11.2. The molecule has 2 rings (SSSR count). The average Bonchev–Trinajstić information content (AvgIpc) is 2.89. The summed E-state index contributed by atoms with van der Waals surface area (Å²) in [5.74, 6) is 2.19. The number of nitrogens with one attached hydrogen (secondary N) is 1. The van der Waals surface area contributed by atoms with Crippen molar-refractivity contribution in [1.29, 1.82) is 0 Å². The van der Waals surface area contributed by atoms with E-state index in [1.807, 2.05) is 0 Å². The van der Waals surface area contributed by atoms with Gasteiger partial charge >= 0.3 is 0 Å². The Balaban J connectivity index is 1.76. The summed E-state index contributed by atoms with van der Waals surface area (Å²) in [7, 11) is 0. The van der Waals surface area contributed by atoms with E-state index in [2.05, 4.69) is 18.3 Å². The Kier molecular flexibility index (Phi) is 5.37. The van der Waals surface area contributed by atoms with Crippen molar-refractivity contribution in [3.8, 4) is 0 Å². The van der Waals surface area contributed by atoms with Gasteiger partial charge in [-0.25, -0.2) is 0 Å². The molecule has 2 aliphatic rings. The van der Waals surface area contributed by atoms with E-state index in [9.17, 15) is 0 Å². The van der Waals surface area contributed by atoms with Crippen LogP contribution in [-0.4, -0.2) is 19.2 Å². The van der Waals surface area contributed by atoms with E-state index in [1.165, 1.54) is 50.7 Å². The maximum Gasteiger partial charge on any atom is 0.109 e. The van der Waals surface area contributed by atoms with Gasteiger partial charge in [0.05, 0.1) is 12.6 Å². The Labute approximate surface area is 106 Å². The van der Waals surface area contributed by atoms with Crippen LogP contribution < -0.4 is 5.32 Å². The third-order valence-corrected chi connectivity index (χ3v) is 4.11. The SMILES string of the molecule is CCNC(CCC1CCCCC1)C1=CCCO1. The first-order chi connectivity index (χ1) is 8.40. The standard InChI is InChI=1S/C15H27NO/c1-2-16-14(15-9-6-12-17-15)11-10-13-7-4-3-5-8-13/h9,13-14,16H,2-8,10-12H2,1H3. The van der Waals surface area contributed by atoms with E-state index in [4.69, 9.17) is 4.74 Å². The van der Waals surface area contributed by atoms with Crippen LogP contribution in [0.15, 0.2) is 11.8 Å². The molecule has 0 aromatic rings. The third kappa shape index (κ3) is 4.02. The molecule has 2 nitrogen and oxygen atoms in total. The first kappa shape index (κ1) is 12.9. The molecule has 1 unspecified atom stereocenters. The van der Waals surface area contributed by atoms with E-state index >= 15 is 0 Å². The quantitative estimate of drug-likeness (QED) is 0.761. The fourth-order valence-electron chi connectivity index (χ4n) is 3.15. The van der Waals surface area contributed by atoms with Gasteiger partial charge in [0.15, 0.2) is 0 Å². The molecule has 1 N–H and O–H groups in total. The highest BCUT2D eigenvalue weighted by molar-refractivity contribution is 5.07. The van der Waals surface area contributed by atoms with Crippen LogP contribution in [0.1, 0.15) is 58.3 Å². The minimum atomic E-state index is 0.476. The van der Waals surface area contributed by atoms with Gasteiger partial charge in [-0.2, -0.15) is 0 Å². The smallest absolute Gasteiger partial charge is 0.109 e. The highest BCUT2D eigenvalue weighted by atomic mass is 16.5. The molecule has 0 bridgehead atoms. The molecule has 1 heterocycles. The Bertz CT molecular complexity index is 243. The molecule has 0 aromatic heterocycles. The van der Waals surface area contributed by atoms with Crippen molar-refractivity contribution in [3.63, 3.8) is 0 Å². The van der Waals surface area contributed by atoms with E-state index < -0.39 is 0 Å². The maximum atomic E-state index is 5.71. The van der Waals surface area contributed by atoms with Crippen LogP contribution in [0.25, 0.3) is 0 Å². The molecule has 1 aliphatic heterocycles. The van der Waals surface area contributed by atoms with Crippen LogP contribution in [0.3, 0.4) is 0 Å². The van der Waals surface area contributed by atoms with Crippen molar-refractivity contribution >= 4 is 0 Å². The van der Waals surface area contributed by atoms with Crippen LogP contribution in [0.5, 0.6) is 0 Å². The minimum Gasteiger partial charge on any atom is -0.496 e. The Hall–Kier alpha value is -0.500. The molecule has 1 saturated carbocycles. The molecule has 0 radical (unpaired) electrons. The largest absolute Gasteiger partial charge is 0.496 e. The van der Waals surface area contributed by atoms with Gasteiger partial charge in [0.1, 0.15) is 5.76 Å². The summed E-state index contributed by atoms with van der Waals surface area (Å²) in [6.07, 6.45) is 13.3. The van der Waals surface area contributed by atoms with Crippen molar-refractivity contribution in [2.75, 3.05) is 13.2 Å². The molecular formula is C15H27NO. The van der Waals surface area contributed by atoms with Gasteiger partial charge in [0.25, 0.3) is 0 Å². The molecule has 0 spiro atoms. The van der Waals surface area contributed by atoms with Crippen molar-refractivity contribution in [2.24, 2.45) is 5.92 Å². The Morgan fingerprint density at radius 3 is 2.82 bits per heavy atom.